The molecule has 0 saturated carbocycles. The number of amides is 1. The van der Waals surface area contributed by atoms with Crippen molar-refractivity contribution in [3.63, 3.8) is 0 Å². The van der Waals surface area contributed by atoms with Gasteiger partial charge in [-0.2, -0.15) is 0 Å². The number of hydrogen-bond acceptors (Lipinski definition) is 3. The minimum atomic E-state index is -0.258. The highest BCUT2D eigenvalue weighted by atomic mass is 35.5. The van der Waals surface area contributed by atoms with Gasteiger partial charge in [0.2, 0.25) is 0 Å². The Morgan fingerprint density at radius 3 is 2.46 bits per heavy atom. The summed E-state index contributed by atoms with van der Waals surface area (Å²) in [5, 5.41) is 4.35. The first-order valence-electron chi connectivity index (χ1n) is 9.43. The van der Waals surface area contributed by atoms with Crippen LogP contribution in [0.4, 0.5) is 0 Å². The lowest BCUT2D eigenvalue weighted by Crippen LogP contribution is -2.36. The molecule has 0 bridgehead atoms. The molecule has 1 heterocycles. The molecule has 1 aromatic heterocycles. The Labute approximate surface area is 169 Å². The molecule has 1 amide bonds. The second-order valence-corrected chi connectivity index (χ2v) is 7.03. The maximum absolute atomic E-state index is 13.3. The normalized spacial score (nSPS) is 12.0. The molecule has 0 fully saturated rings. The molecule has 28 heavy (non-hydrogen) atoms. The lowest BCUT2D eigenvalue weighted by atomic mass is 10.0. The van der Waals surface area contributed by atoms with Crippen LogP contribution in [0.5, 0.6) is 0 Å². The fourth-order valence-corrected chi connectivity index (χ4v) is 3.75. The topological polar surface area (TPSA) is 63.1 Å². The molecule has 3 rings (SSSR count). The fraction of sp³-hybridized carbons (Fsp3) is 0.273. The van der Waals surface area contributed by atoms with Crippen molar-refractivity contribution in [3.8, 4) is 0 Å². The SMILES string of the molecule is CCNn1c(C)c(C(=O)NC(CC)c2ccccc2)c2cccc(Cl)c2c1=O. The molecule has 1 unspecified atom stereocenters. The maximum Gasteiger partial charge on any atom is 0.278 e. The van der Waals surface area contributed by atoms with E-state index in [1.165, 1.54) is 4.68 Å². The minimum absolute atomic E-state index is 0.123. The van der Waals surface area contributed by atoms with Crippen LogP contribution in [0, 0.1) is 6.92 Å². The Morgan fingerprint density at radius 1 is 1.11 bits per heavy atom. The van der Waals surface area contributed by atoms with Crippen LogP contribution in [-0.4, -0.2) is 17.1 Å². The molecule has 0 spiro atoms. The lowest BCUT2D eigenvalue weighted by molar-refractivity contribution is 0.0936. The van der Waals surface area contributed by atoms with Gasteiger partial charge in [0, 0.05) is 11.9 Å². The average molecular weight is 398 g/mol. The van der Waals surface area contributed by atoms with E-state index in [0.29, 0.717) is 33.6 Å². The molecule has 2 N–H and O–H groups in total. The van der Waals surface area contributed by atoms with E-state index < -0.39 is 0 Å². The molecule has 0 aliphatic rings. The number of nitrogens with one attached hydrogen (secondary N) is 2. The summed E-state index contributed by atoms with van der Waals surface area (Å²) >= 11 is 6.32. The molecule has 6 heteroatoms. The third-order valence-electron chi connectivity index (χ3n) is 4.86. The number of halogens is 1. The molecule has 0 radical (unpaired) electrons. The van der Waals surface area contributed by atoms with E-state index in [-0.39, 0.29) is 17.5 Å². The number of carbonyl (C=O) groups is 1. The third kappa shape index (κ3) is 3.62. The number of pyridine rings is 1. The van der Waals surface area contributed by atoms with Crippen molar-refractivity contribution in [1.29, 1.82) is 0 Å². The van der Waals surface area contributed by atoms with Gasteiger partial charge in [0.05, 0.1) is 27.7 Å². The summed E-state index contributed by atoms with van der Waals surface area (Å²) in [6.45, 7) is 6.23. The van der Waals surface area contributed by atoms with E-state index in [2.05, 4.69) is 10.7 Å². The second kappa shape index (κ2) is 8.48. The van der Waals surface area contributed by atoms with Gasteiger partial charge in [-0.05, 0) is 31.9 Å². The summed E-state index contributed by atoms with van der Waals surface area (Å²) in [6, 6.07) is 14.9. The first-order valence-corrected chi connectivity index (χ1v) is 9.80. The molecule has 0 aliphatic carbocycles. The molecule has 0 aliphatic heterocycles. The molecule has 3 aromatic rings. The van der Waals surface area contributed by atoms with Gasteiger partial charge < -0.3 is 10.7 Å². The highest BCUT2D eigenvalue weighted by Crippen LogP contribution is 2.26. The van der Waals surface area contributed by atoms with E-state index >= 15 is 0 Å². The fourth-order valence-electron chi connectivity index (χ4n) is 3.49. The standard InChI is InChI=1S/C22H24ClN3O2/c1-4-18(15-10-7-6-8-11-15)25-21(27)19-14(3)26(24-5-2)22(28)20-16(19)12-9-13-17(20)23/h6-13,18,24H,4-5H2,1-3H3,(H,25,27). The number of benzene rings is 2. The molecule has 0 saturated heterocycles. The lowest BCUT2D eigenvalue weighted by Gasteiger charge is -2.21. The second-order valence-electron chi connectivity index (χ2n) is 6.62. The molecule has 146 valence electrons. The van der Waals surface area contributed by atoms with Crippen LogP contribution in [0.15, 0.2) is 53.3 Å². The summed E-state index contributed by atoms with van der Waals surface area (Å²) in [7, 11) is 0. The number of fused-ring (bicyclic) bond motifs is 1. The monoisotopic (exact) mass is 397 g/mol. The van der Waals surface area contributed by atoms with Gasteiger partial charge in [-0.15, -0.1) is 0 Å². The van der Waals surface area contributed by atoms with E-state index in [9.17, 15) is 9.59 Å². The summed E-state index contributed by atoms with van der Waals surface area (Å²) in [5.74, 6) is -0.230. The summed E-state index contributed by atoms with van der Waals surface area (Å²) < 4.78 is 1.41. The van der Waals surface area contributed by atoms with Gasteiger partial charge in [0.15, 0.2) is 0 Å². The number of rotatable bonds is 6. The summed E-state index contributed by atoms with van der Waals surface area (Å²) in [4.78, 5) is 26.2. The predicted octanol–water partition coefficient (Wildman–Crippen LogP) is 4.41. The molecular weight excluding hydrogens is 374 g/mol. The van der Waals surface area contributed by atoms with Crippen molar-refractivity contribution in [2.45, 2.75) is 33.2 Å². The maximum atomic E-state index is 13.3. The largest absolute Gasteiger partial charge is 0.345 e. The first-order chi connectivity index (χ1) is 13.5. The van der Waals surface area contributed by atoms with Gasteiger partial charge in [-0.1, -0.05) is 61.0 Å². The van der Waals surface area contributed by atoms with Crippen LogP contribution >= 0.6 is 11.6 Å². The van der Waals surface area contributed by atoms with Gasteiger partial charge in [0.25, 0.3) is 11.5 Å². The van der Waals surface area contributed by atoms with Crippen molar-refractivity contribution < 1.29 is 4.79 Å². The van der Waals surface area contributed by atoms with Crippen molar-refractivity contribution in [3.05, 3.63) is 80.7 Å². The number of hydrogen-bond donors (Lipinski definition) is 2. The third-order valence-corrected chi connectivity index (χ3v) is 5.17. The minimum Gasteiger partial charge on any atom is -0.345 e. The van der Waals surface area contributed by atoms with E-state index in [1.807, 2.05) is 44.2 Å². The smallest absolute Gasteiger partial charge is 0.278 e. The van der Waals surface area contributed by atoms with E-state index in [0.717, 1.165) is 12.0 Å². The van der Waals surface area contributed by atoms with Gasteiger partial charge in [-0.25, -0.2) is 4.68 Å². The molecular formula is C22H24ClN3O2. The van der Waals surface area contributed by atoms with Crippen LogP contribution in [0.3, 0.4) is 0 Å². The van der Waals surface area contributed by atoms with Gasteiger partial charge in [0.1, 0.15) is 0 Å². The Hall–Kier alpha value is -2.79. The van der Waals surface area contributed by atoms with Crippen LogP contribution in [0.2, 0.25) is 5.02 Å². The Bertz CT molecular complexity index is 1060. The van der Waals surface area contributed by atoms with Crippen molar-refractivity contribution in [2.75, 3.05) is 12.0 Å². The molecule has 5 nitrogen and oxygen atoms in total. The molecule has 1 atom stereocenters. The number of nitrogens with zero attached hydrogens (tertiary/aromatic N) is 1. The van der Waals surface area contributed by atoms with Crippen LogP contribution in [0.1, 0.15) is 47.9 Å². The van der Waals surface area contributed by atoms with Crippen molar-refractivity contribution in [1.82, 2.24) is 9.99 Å². The average Bonchev–Trinajstić information content (AvgIpc) is 2.70. The van der Waals surface area contributed by atoms with Gasteiger partial charge in [-0.3, -0.25) is 9.59 Å². The van der Waals surface area contributed by atoms with Crippen molar-refractivity contribution in [2.24, 2.45) is 0 Å². The predicted molar refractivity (Wildman–Crippen MR) is 115 cm³/mol. The van der Waals surface area contributed by atoms with Crippen LogP contribution in [0.25, 0.3) is 10.8 Å². The Morgan fingerprint density at radius 2 is 1.82 bits per heavy atom. The number of aromatic nitrogens is 1. The van der Waals surface area contributed by atoms with Crippen LogP contribution < -0.4 is 16.3 Å². The summed E-state index contributed by atoms with van der Waals surface area (Å²) in [6.07, 6.45) is 0.750. The Kier molecular flexibility index (Phi) is 6.05. The zero-order chi connectivity index (χ0) is 20.3. The molecule has 2 aromatic carbocycles. The van der Waals surface area contributed by atoms with E-state index in [1.54, 1.807) is 25.1 Å². The number of carbonyl (C=O) groups excluding carboxylic acids is 1. The van der Waals surface area contributed by atoms with Gasteiger partial charge >= 0.3 is 0 Å². The highest BCUT2D eigenvalue weighted by Gasteiger charge is 2.23. The van der Waals surface area contributed by atoms with Crippen LogP contribution in [-0.2, 0) is 0 Å². The zero-order valence-electron chi connectivity index (χ0n) is 16.3. The zero-order valence-corrected chi connectivity index (χ0v) is 17.0. The van der Waals surface area contributed by atoms with Crippen molar-refractivity contribution >= 4 is 28.3 Å². The summed E-state index contributed by atoms with van der Waals surface area (Å²) in [5.41, 5.74) is 4.81. The first kappa shape index (κ1) is 20.0. The highest BCUT2D eigenvalue weighted by molar-refractivity contribution is 6.36. The quantitative estimate of drug-likeness (QED) is 0.647. The Balaban J connectivity index is 2.15. The van der Waals surface area contributed by atoms with E-state index in [4.69, 9.17) is 11.6 Å².